The van der Waals surface area contributed by atoms with E-state index in [1.165, 1.54) is 0 Å². The number of hydrogen-bond acceptors (Lipinski definition) is 7. The summed E-state index contributed by atoms with van der Waals surface area (Å²) in [6.45, 7) is 3.40. The standard InChI is InChI=1S/C12H19N7OS/c1-3-4-14-10-16-11(15-6-8-21(2)20)18-12(17-10)19-7-5-13-9-19/h5,7,9H,3-4,6,8H2,1-2H3,(H2,14,15,16,17,18). The van der Waals surface area contributed by atoms with E-state index in [2.05, 4.69) is 37.5 Å². The number of rotatable bonds is 8. The van der Waals surface area contributed by atoms with Crippen LogP contribution in [-0.2, 0) is 10.8 Å². The Bertz CT molecular complexity index is 587. The van der Waals surface area contributed by atoms with Gasteiger partial charge in [-0.3, -0.25) is 8.78 Å². The van der Waals surface area contributed by atoms with Crippen molar-refractivity contribution in [1.29, 1.82) is 0 Å². The molecule has 0 fully saturated rings. The van der Waals surface area contributed by atoms with Crippen LogP contribution in [0.5, 0.6) is 0 Å². The van der Waals surface area contributed by atoms with Gasteiger partial charge >= 0.3 is 0 Å². The van der Waals surface area contributed by atoms with E-state index in [0.29, 0.717) is 30.1 Å². The Labute approximate surface area is 125 Å². The van der Waals surface area contributed by atoms with Gasteiger partial charge in [0.25, 0.3) is 0 Å². The van der Waals surface area contributed by atoms with Crippen molar-refractivity contribution in [3.63, 3.8) is 0 Å². The van der Waals surface area contributed by atoms with Gasteiger partial charge in [0, 0.05) is 48.3 Å². The van der Waals surface area contributed by atoms with Crippen molar-refractivity contribution in [2.75, 3.05) is 35.7 Å². The first-order chi connectivity index (χ1) is 10.2. The fraction of sp³-hybridized carbons (Fsp3) is 0.500. The van der Waals surface area contributed by atoms with E-state index >= 15 is 0 Å². The molecule has 21 heavy (non-hydrogen) atoms. The number of aromatic nitrogens is 5. The lowest BCUT2D eigenvalue weighted by atomic mass is 10.5. The summed E-state index contributed by atoms with van der Waals surface area (Å²) in [6.07, 6.45) is 7.70. The fourth-order valence-corrected chi connectivity index (χ4v) is 1.95. The van der Waals surface area contributed by atoms with Crippen LogP contribution < -0.4 is 10.6 Å². The summed E-state index contributed by atoms with van der Waals surface area (Å²) < 4.78 is 12.8. The molecule has 0 bridgehead atoms. The highest BCUT2D eigenvalue weighted by Gasteiger charge is 2.07. The molecule has 0 radical (unpaired) electrons. The highest BCUT2D eigenvalue weighted by Crippen LogP contribution is 2.09. The van der Waals surface area contributed by atoms with Crippen LogP contribution in [0, 0.1) is 0 Å². The molecule has 0 aliphatic carbocycles. The Balaban J connectivity index is 2.18. The largest absolute Gasteiger partial charge is 0.354 e. The summed E-state index contributed by atoms with van der Waals surface area (Å²) in [5, 5.41) is 6.21. The van der Waals surface area contributed by atoms with Crippen LogP contribution in [-0.4, -0.2) is 53.8 Å². The van der Waals surface area contributed by atoms with Crippen LogP contribution in [0.1, 0.15) is 13.3 Å². The van der Waals surface area contributed by atoms with Gasteiger partial charge < -0.3 is 10.6 Å². The molecule has 0 aliphatic heterocycles. The molecule has 1 atom stereocenters. The first-order valence-electron chi connectivity index (χ1n) is 6.71. The van der Waals surface area contributed by atoms with Crippen LogP contribution >= 0.6 is 0 Å². The minimum Gasteiger partial charge on any atom is -0.354 e. The molecule has 0 saturated carbocycles. The van der Waals surface area contributed by atoms with Gasteiger partial charge in [-0.1, -0.05) is 6.92 Å². The maximum absolute atomic E-state index is 11.1. The van der Waals surface area contributed by atoms with E-state index in [9.17, 15) is 4.21 Å². The number of imidazole rings is 1. The summed E-state index contributed by atoms with van der Waals surface area (Å²) in [7, 11) is -0.849. The average Bonchev–Trinajstić information content (AvgIpc) is 2.99. The topological polar surface area (TPSA) is 97.6 Å². The summed E-state index contributed by atoms with van der Waals surface area (Å²) in [5.74, 6) is 2.00. The maximum atomic E-state index is 11.1. The number of anilines is 2. The van der Waals surface area contributed by atoms with Gasteiger partial charge in [-0.2, -0.15) is 15.0 Å². The normalized spacial score (nSPS) is 12.1. The molecule has 2 aromatic rings. The zero-order valence-corrected chi connectivity index (χ0v) is 12.9. The summed E-state index contributed by atoms with van der Waals surface area (Å²) in [5.41, 5.74) is 0. The molecule has 0 saturated heterocycles. The van der Waals surface area contributed by atoms with Gasteiger partial charge in [0.05, 0.1) is 0 Å². The van der Waals surface area contributed by atoms with Gasteiger partial charge in [-0.05, 0) is 6.42 Å². The molecule has 0 aromatic carbocycles. The average molecular weight is 309 g/mol. The Morgan fingerprint density at radius 3 is 2.48 bits per heavy atom. The molecule has 9 heteroatoms. The van der Waals surface area contributed by atoms with Gasteiger partial charge in [0.15, 0.2) is 0 Å². The van der Waals surface area contributed by atoms with Crippen LogP contribution in [0.25, 0.3) is 5.95 Å². The Morgan fingerprint density at radius 1 is 1.19 bits per heavy atom. The zero-order chi connectivity index (χ0) is 15.1. The second-order valence-electron chi connectivity index (χ2n) is 4.38. The number of nitrogens with zero attached hydrogens (tertiary/aromatic N) is 5. The van der Waals surface area contributed by atoms with E-state index in [-0.39, 0.29) is 0 Å². The van der Waals surface area contributed by atoms with Crippen LogP contribution in [0.2, 0.25) is 0 Å². The molecule has 2 aromatic heterocycles. The van der Waals surface area contributed by atoms with Crippen molar-refractivity contribution in [2.45, 2.75) is 13.3 Å². The second-order valence-corrected chi connectivity index (χ2v) is 5.94. The summed E-state index contributed by atoms with van der Waals surface area (Å²) >= 11 is 0. The minimum atomic E-state index is -0.849. The Morgan fingerprint density at radius 2 is 1.90 bits per heavy atom. The van der Waals surface area contributed by atoms with E-state index in [0.717, 1.165) is 13.0 Å². The van der Waals surface area contributed by atoms with Crippen molar-refractivity contribution < 1.29 is 4.21 Å². The highest BCUT2D eigenvalue weighted by molar-refractivity contribution is 7.84. The molecule has 0 aliphatic rings. The van der Waals surface area contributed by atoms with Gasteiger partial charge in [-0.15, -0.1) is 0 Å². The van der Waals surface area contributed by atoms with E-state index in [1.807, 2.05) is 0 Å². The molecule has 8 nitrogen and oxygen atoms in total. The van der Waals surface area contributed by atoms with Crippen molar-refractivity contribution >= 4 is 22.7 Å². The van der Waals surface area contributed by atoms with E-state index in [1.54, 1.807) is 29.5 Å². The number of hydrogen-bond donors (Lipinski definition) is 2. The SMILES string of the molecule is CCCNc1nc(NCCS(C)=O)nc(-n2ccnc2)n1. The lowest BCUT2D eigenvalue weighted by Gasteiger charge is -2.09. The number of nitrogens with one attached hydrogen (secondary N) is 2. The molecule has 2 heterocycles. The van der Waals surface area contributed by atoms with E-state index < -0.39 is 10.8 Å². The molecule has 0 spiro atoms. The first kappa shape index (κ1) is 15.4. The monoisotopic (exact) mass is 309 g/mol. The molecular weight excluding hydrogens is 290 g/mol. The minimum absolute atomic E-state index is 0.456. The van der Waals surface area contributed by atoms with Crippen molar-refractivity contribution in [3.8, 4) is 5.95 Å². The van der Waals surface area contributed by atoms with Gasteiger partial charge in [0.1, 0.15) is 6.33 Å². The van der Waals surface area contributed by atoms with Crippen LogP contribution in [0.15, 0.2) is 18.7 Å². The smallest absolute Gasteiger partial charge is 0.241 e. The first-order valence-corrected chi connectivity index (χ1v) is 8.44. The quantitative estimate of drug-likeness (QED) is 0.739. The van der Waals surface area contributed by atoms with E-state index in [4.69, 9.17) is 0 Å². The van der Waals surface area contributed by atoms with Crippen LogP contribution in [0.4, 0.5) is 11.9 Å². The van der Waals surface area contributed by atoms with Crippen molar-refractivity contribution in [2.24, 2.45) is 0 Å². The maximum Gasteiger partial charge on any atom is 0.241 e. The Kier molecular flexibility index (Phi) is 5.61. The zero-order valence-electron chi connectivity index (χ0n) is 12.1. The molecular formula is C12H19N7OS. The van der Waals surface area contributed by atoms with Crippen molar-refractivity contribution in [1.82, 2.24) is 24.5 Å². The second kappa shape index (κ2) is 7.67. The van der Waals surface area contributed by atoms with Gasteiger partial charge in [0.2, 0.25) is 17.8 Å². The van der Waals surface area contributed by atoms with Crippen molar-refractivity contribution in [3.05, 3.63) is 18.7 Å². The molecule has 1 unspecified atom stereocenters. The lowest BCUT2D eigenvalue weighted by Crippen LogP contribution is -2.15. The molecule has 2 rings (SSSR count). The lowest BCUT2D eigenvalue weighted by molar-refractivity contribution is 0.687. The molecule has 0 amide bonds. The Hall–Kier alpha value is -2.03. The fourth-order valence-electron chi connectivity index (χ4n) is 1.56. The summed E-state index contributed by atoms with van der Waals surface area (Å²) in [4.78, 5) is 17.0. The predicted molar refractivity (Wildman–Crippen MR) is 83.2 cm³/mol. The molecule has 114 valence electrons. The third-order valence-electron chi connectivity index (χ3n) is 2.56. The summed E-state index contributed by atoms with van der Waals surface area (Å²) in [6, 6.07) is 0. The van der Waals surface area contributed by atoms with Crippen LogP contribution in [0.3, 0.4) is 0 Å². The third kappa shape index (κ3) is 4.78. The highest BCUT2D eigenvalue weighted by atomic mass is 32.2. The predicted octanol–water partition coefficient (Wildman–Crippen LogP) is 0.670. The third-order valence-corrected chi connectivity index (χ3v) is 3.34. The molecule has 2 N–H and O–H groups in total. The van der Waals surface area contributed by atoms with Gasteiger partial charge in [-0.25, -0.2) is 4.98 Å².